The van der Waals surface area contributed by atoms with Crippen LogP contribution in [0.2, 0.25) is 18.1 Å². The molecule has 0 aliphatic carbocycles. The molecule has 0 fully saturated rings. The second-order valence-corrected chi connectivity index (χ2v) is 13.4. The average molecular weight is 331 g/mol. The van der Waals surface area contributed by atoms with E-state index in [1.807, 2.05) is 0 Å². The maximum absolute atomic E-state index is 11.9. The molecule has 0 aliphatic rings. The first-order valence-electron chi connectivity index (χ1n) is 6.97. The van der Waals surface area contributed by atoms with Crippen LogP contribution in [0, 0.1) is 0 Å². The van der Waals surface area contributed by atoms with E-state index in [4.69, 9.17) is 4.43 Å². The zero-order valence-electron chi connectivity index (χ0n) is 13.8. The van der Waals surface area contributed by atoms with Crippen molar-refractivity contribution >= 4 is 24.0 Å². The number of hydrogen-bond acceptors (Lipinski definition) is 4. The van der Waals surface area contributed by atoms with Gasteiger partial charge >= 0.3 is 0 Å². The molecule has 0 radical (unpaired) electrons. The van der Waals surface area contributed by atoms with Crippen LogP contribution in [0.15, 0.2) is 24.5 Å². The van der Waals surface area contributed by atoms with Crippen LogP contribution in [0.5, 0.6) is 0 Å². The number of pyridine rings is 1. The highest BCUT2D eigenvalue weighted by Gasteiger charge is 2.37. The van der Waals surface area contributed by atoms with E-state index in [-0.39, 0.29) is 5.04 Å². The molecule has 0 unspecified atom stereocenters. The summed E-state index contributed by atoms with van der Waals surface area (Å²) in [5.41, 5.74) is 0.568. The van der Waals surface area contributed by atoms with Crippen molar-refractivity contribution in [3.63, 3.8) is 0 Å². The Morgan fingerprint density at radius 3 is 2.38 bits per heavy atom. The van der Waals surface area contributed by atoms with Crippen LogP contribution in [-0.2, 0) is 14.4 Å². The Labute approximate surface area is 129 Å². The first-order valence-corrected chi connectivity index (χ1v) is 11.7. The summed E-state index contributed by atoms with van der Waals surface area (Å²) in [7, 11) is -5.21. The van der Waals surface area contributed by atoms with Gasteiger partial charge in [0.25, 0.3) is 0 Å². The molecule has 0 aliphatic heterocycles. The SMILES string of the molecule is CC(C)(C)[Si](C)(C)OCCN(c1cccnc1)S(C)(=O)=O. The van der Waals surface area contributed by atoms with Gasteiger partial charge in [-0.05, 0) is 30.3 Å². The summed E-state index contributed by atoms with van der Waals surface area (Å²) in [4.78, 5) is 3.98. The van der Waals surface area contributed by atoms with Crippen molar-refractivity contribution in [1.82, 2.24) is 4.98 Å². The van der Waals surface area contributed by atoms with Gasteiger partial charge in [-0.3, -0.25) is 9.29 Å². The van der Waals surface area contributed by atoms with Crippen molar-refractivity contribution in [2.24, 2.45) is 0 Å². The lowest BCUT2D eigenvalue weighted by atomic mass is 10.2. The smallest absolute Gasteiger partial charge is 0.232 e. The Kier molecular flexibility index (Phi) is 5.57. The summed E-state index contributed by atoms with van der Waals surface area (Å²) >= 11 is 0. The fraction of sp³-hybridized carbons (Fsp3) is 0.643. The standard InChI is InChI=1S/C14H26N2O3SSi/c1-14(2,3)21(5,6)19-11-10-16(20(4,17)18)13-8-7-9-15-12-13/h7-9,12H,10-11H2,1-6H3. The molecular formula is C14H26N2O3SSi. The molecule has 1 heterocycles. The summed E-state index contributed by atoms with van der Waals surface area (Å²) in [6.45, 7) is 11.5. The van der Waals surface area contributed by atoms with Crippen molar-refractivity contribution < 1.29 is 12.8 Å². The second-order valence-electron chi connectivity index (χ2n) is 6.66. The van der Waals surface area contributed by atoms with Crippen LogP contribution >= 0.6 is 0 Å². The number of rotatable bonds is 6. The van der Waals surface area contributed by atoms with E-state index < -0.39 is 18.3 Å². The molecule has 21 heavy (non-hydrogen) atoms. The summed E-state index contributed by atoms with van der Waals surface area (Å²) < 4.78 is 31.3. The van der Waals surface area contributed by atoms with Crippen LogP contribution in [0.25, 0.3) is 0 Å². The fourth-order valence-electron chi connectivity index (χ4n) is 1.59. The van der Waals surface area contributed by atoms with Crippen LogP contribution < -0.4 is 4.31 Å². The second kappa shape index (κ2) is 6.45. The fourth-order valence-corrected chi connectivity index (χ4v) is 3.52. The highest BCUT2D eigenvalue weighted by atomic mass is 32.2. The molecule has 0 aromatic carbocycles. The number of aromatic nitrogens is 1. The van der Waals surface area contributed by atoms with Crippen LogP contribution in [0.1, 0.15) is 20.8 Å². The molecule has 0 saturated carbocycles. The maximum atomic E-state index is 11.9. The molecule has 1 rings (SSSR count). The summed E-state index contributed by atoms with van der Waals surface area (Å²) in [5, 5.41) is 0.108. The lowest BCUT2D eigenvalue weighted by molar-refractivity contribution is 0.298. The topological polar surface area (TPSA) is 59.5 Å². The third-order valence-corrected chi connectivity index (χ3v) is 9.63. The van der Waals surface area contributed by atoms with E-state index in [2.05, 4.69) is 38.8 Å². The molecule has 0 N–H and O–H groups in total. The molecule has 0 bridgehead atoms. The van der Waals surface area contributed by atoms with Gasteiger partial charge < -0.3 is 4.43 Å². The Morgan fingerprint density at radius 2 is 1.95 bits per heavy atom. The molecule has 1 aromatic heterocycles. The van der Waals surface area contributed by atoms with E-state index >= 15 is 0 Å². The first-order chi connectivity index (χ1) is 9.45. The molecule has 120 valence electrons. The minimum atomic E-state index is -3.34. The summed E-state index contributed by atoms with van der Waals surface area (Å²) in [6.07, 6.45) is 4.37. The van der Waals surface area contributed by atoms with Gasteiger partial charge in [-0.25, -0.2) is 8.42 Å². The van der Waals surface area contributed by atoms with Crippen LogP contribution in [0.4, 0.5) is 5.69 Å². The van der Waals surface area contributed by atoms with Gasteiger partial charge in [0.05, 0.1) is 31.3 Å². The molecule has 7 heteroatoms. The van der Waals surface area contributed by atoms with Gasteiger partial charge in [0.2, 0.25) is 10.0 Å². The Bertz CT molecular complexity index is 553. The monoisotopic (exact) mass is 330 g/mol. The largest absolute Gasteiger partial charge is 0.415 e. The highest BCUT2D eigenvalue weighted by Crippen LogP contribution is 2.36. The van der Waals surface area contributed by atoms with Gasteiger partial charge in [0, 0.05) is 6.20 Å². The van der Waals surface area contributed by atoms with Crippen LogP contribution in [0.3, 0.4) is 0 Å². The van der Waals surface area contributed by atoms with Crippen LogP contribution in [-0.4, -0.2) is 41.1 Å². The summed E-state index contributed by atoms with van der Waals surface area (Å²) in [6, 6.07) is 3.46. The van der Waals surface area contributed by atoms with Gasteiger partial charge in [0.15, 0.2) is 8.32 Å². The molecule has 0 atom stereocenters. The molecule has 0 amide bonds. The number of sulfonamides is 1. The molecule has 0 spiro atoms. The van der Waals surface area contributed by atoms with Crippen molar-refractivity contribution in [3.05, 3.63) is 24.5 Å². The molecular weight excluding hydrogens is 304 g/mol. The van der Waals surface area contributed by atoms with Crippen molar-refractivity contribution in [1.29, 1.82) is 0 Å². The minimum absolute atomic E-state index is 0.108. The van der Waals surface area contributed by atoms with Gasteiger partial charge in [-0.1, -0.05) is 20.8 Å². The first kappa shape index (κ1) is 18.1. The van der Waals surface area contributed by atoms with Gasteiger partial charge in [-0.15, -0.1) is 0 Å². The Balaban J connectivity index is 2.78. The summed E-state index contributed by atoms with van der Waals surface area (Å²) in [5.74, 6) is 0. The van der Waals surface area contributed by atoms with E-state index in [1.54, 1.807) is 24.5 Å². The molecule has 1 aromatic rings. The predicted molar refractivity (Wildman–Crippen MR) is 89.6 cm³/mol. The maximum Gasteiger partial charge on any atom is 0.232 e. The average Bonchev–Trinajstić information content (AvgIpc) is 2.32. The predicted octanol–water partition coefficient (Wildman–Crippen LogP) is 2.87. The third kappa shape index (κ3) is 5.08. The number of hydrogen-bond donors (Lipinski definition) is 0. The number of nitrogens with zero attached hydrogens (tertiary/aromatic N) is 2. The Hall–Kier alpha value is -0.923. The molecule has 0 saturated heterocycles. The van der Waals surface area contributed by atoms with E-state index in [0.29, 0.717) is 18.8 Å². The van der Waals surface area contributed by atoms with Crippen molar-refractivity contribution in [2.45, 2.75) is 38.9 Å². The Morgan fingerprint density at radius 1 is 1.33 bits per heavy atom. The zero-order valence-corrected chi connectivity index (χ0v) is 15.6. The third-order valence-electron chi connectivity index (χ3n) is 3.90. The van der Waals surface area contributed by atoms with E-state index in [1.165, 1.54) is 10.6 Å². The van der Waals surface area contributed by atoms with E-state index in [0.717, 1.165) is 0 Å². The minimum Gasteiger partial charge on any atom is -0.415 e. The van der Waals surface area contributed by atoms with Crippen molar-refractivity contribution in [2.75, 3.05) is 23.7 Å². The van der Waals surface area contributed by atoms with E-state index in [9.17, 15) is 8.42 Å². The normalized spacial score (nSPS) is 13.2. The molecule has 5 nitrogen and oxygen atoms in total. The lowest BCUT2D eigenvalue weighted by Crippen LogP contribution is -2.43. The van der Waals surface area contributed by atoms with Gasteiger partial charge in [0.1, 0.15) is 0 Å². The lowest BCUT2D eigenvalue weighted by Gasteiger charge is -2.36. The quantitative estimate of drug-likeness (QED) is 0.753. The number of anilines is 1. The van der Waals surface area contributed by atoms with Crippen molar-refractivity contribution in [3.8, 4) is 0 Å². The highest BCUT2D eigenvalue weighted by molar-refractivity contribution is 7.92. The van der Waals surface area contributed by atoms with Gasteiger partial charge in [-0.2, -0.15) is 0 Å². The zero-order chi connectivity index (χ0) is 16.3.